The number of fused-ring (bicyclic) bond motifs is 1. The minimum Gasteiger partial charge on any atom is -1.00 e. The number of hydrogen-bond donors (Lipinski definition) is 0. The van der Waals surface area contributed by atoms with E-state index >= 15 is 0 Å². The van der Waals surface area contributed by atoms with Crippen molar-refractivity contribution in [3.63, 3.8) is 0 Å². The van der Waals surface area contributed by atoms with Gasteiger partial charge in [0.15, 0.2) is 0 Å². The van der Waals surface area contributed by atoms with E-state index in [-0.39, 0.29) is 24.8 Å². The number of rotatable bonds is 4. The molecule has 25 heavy (non-hydrogen) atoms. The summed E-state index contributed by atoms with van der Waals surface area (Å²) in [5.41, 5.74) is 4.79. The fraction of sp³-hybridized carbons (Fsp3) is 0.143. The standard InChI is InChI=1S/C16H14P.C5H5.2ClH.Hf/c1-12-11-13-7-5-6-10-15(13)16(12)17-14-8-3-2-4-9-14;1-2-4-5-3-1;;;/h2-11,17H,1H3;1-3H,4H2;2*1H;/q;;;;+2/p-2. The fourth-order valence-electron chi connectivity index (χ4n) is 3.32. The average Bonchev–Trinajstić information content (AvgIpc) is 3.19. The van der Waals surface area contributed by atoms with Crippen LogP contribution >= 0.6 is 8.58 Å². The molecule has 0 aromatic heterocycles. The average molecular weight is 552 g/mol. The van der Waals surface area contributed by atoms with Gasteiger partial charge in [0, 0.05) is 0 Å². The molecule has 2 aliphatic carbocycles. The molecule has 2 aliphatic rings. The van der Waals surface area contributed by atoms with Crippen LogP contribution in [0.3, 0.4) is 0 Å². The Balaban J connectivity index is 0.00000113. The van der Waals surface area contributed by atoms with Crippen molar-refractivity contribution in [3.8, 4) is 0 Å². The Labute approximate surface area is 175 Å². The monoisotopic (exact) mass is 552 g/mol. The number of benzene rings is 2. The Morgan fingerprint density at radius 3 is 2.40 bits per heavy atom. The SMILES string of the molecule is CC1=C(Pc2ccccc2)c2ccccc2[CH]1[Hf+2][C]1=CC=CC1.[Cl-].[Cl-]. The molecule has 2 aromatic carbocycles. The smallest absolute Gasteiger partial charge is 1.00 e. The topological polar surface area (TPSA) is 0 Å². The van der Waals surface area contributed by atoms with Gasteiger partial charge in [0.25, 0.3) is 0 Å². The van der Waals surface area contributed by atoms with E-state index in [2.05, 4.69) is 79.7 Å². The molecular weight excluding hydrogens is 533 g/mol. The molecule has 0 spiro atoms. The number of allylic oxidation sites excluding steroid dienone is 5. The third-order valence-corrected chi connectivity index (χ3v) is 12.4. The molecule has 0 fully saturated rings. The summed E-state index contributed by atoms with van der Waals surface area (Å²) in [5.74, 6) is 0. The Kier molecular flexibility index (Phi) is 7.90. The molecule has 0 nitrogen and oxygen atoms in total. The van der Waals surface area contributed by atoms with Gasteiger partial charge in [0.1, 0.15) is 0 Å². The summed E-state index contributed by atoms with van der Waals surface area (Å²) in [6.07, 6.45) is 8.16. The van der Waals surface area contributed by atoms with Gasteiger partial charge in [0.2, 0.25) is 0 Å². The summed E-state index contributed by atoms with van der Waals surface area (Å²) in [5, 5.41) is 3.06. The number of halogens is 2. The van der Waals surface area contributed by atoms with Gasteiger partial charge in [-0.1, -0.05) is 0 Å². The summed E-state index contributed by atoms with van der Waals surface area (Å²) in [7, 11) is 0.781. The van der Waals surface area contributed by atoms with E-state index < -0.39 is 22.9 Å². The maximum Gasteiger partial charge on any atom is -1.00 e. The molecule has 4 heteroatoms. The van der Waals surface area contributed by atoms with Crippen LogP contribution in [-0.2, 0) is 22.9 Å². The van der Waals surface area contributed by atoms with Crippen LogP contribution in [0.1, 0.15) is 28.1 Å². The Morgan fingerprint density at radius 1 is 0.960 bits per heavy atom. The quantitative estimate of drug-likeness (QED) is 0.352. The minimum absolute atomic E-state index is 0. The van der Waals surface area contributed by atoms with Crippen LogP contribution in [0.15, 0.2) is 81.7 Å². The van der Waals surface area contributed by atoms with E-state index in [0.717, 1.165) is 12.3 Å². The molecule has 2 aromatic rings. The molecule has 0 saturated carbocycles. The molecule has 0 radical (unpaired) electrons. The van der Waals surface area contributed by atoms with Gasteiger partial charge in [-0.3, -0.25) is 0 Å². The van der Waals surface area contributed by atoms with Crippen molar-refractivity contribution in [1.82, 2.24) is 0 Å². The largest absolute Gasteiger partial charge is 1.00 e. The molecule has 0 saturated heterocycles. The van der Waals surface area contributed by atoms with Crippen LogP contribution in [0, 0.1) is 0 Å². The Morgan fingerprint density at radius 2 is 1.68 bits per heavy atom. The summed E-state index contributed by atoms with van der Waals surface area (Å²) in [6.45, 7) is 2.39. The van der Waals surface area contributed by atoms with Crippen molar-refractivity contribution in [3.05, 3.63) is 92.9 Å². The van der Waals surface area contributed by atoms with Crippen molar-refractivity contribution < 1.29 is 47.7 Å². The van der Waals surface area contributed by atoms with Crippen molar-refractivity contribution in [2.24, 2.45) is 0 Å². The predicted molar refractivity (Wildman–Crippen MR) is 98.0 cm³/mol. The molecule has 0 heterocycles. The van der Waals surface area contributed by atoms with Gasteiger partial charge >= 0.3 is 152 Å². The van der Waals surface area contributed by atoms with Crippen molar-refractivity contribution >= 4 is 19.2 Å². The number of hydrogen-bond acceptors (Lipinski definition) is 0. The molecule has 0 N–H and O–H groups in total. The van der Waals surface area contributed by atoms with Crippen LogP contribution < -0.4 is 30.1 Å². The Bertz CT molecular complexity index is 825. The zero-order valence-electron chi connectivity index (χ0n) is 14.0. The summed E-state index contributed by atoms with van der Waals surface area (Å²) in [4.78, 5) is 0. The van der Waals surface area contributed by atoms with E-state index in [9.17, 15) is 0 Å². The van der Waals surface area contributed by atoms with Crippen molar-refractivity contribution in [1.29, 1.82) is 0 Å². The summed E-state index contributed by atoms with van der Waals surface area (Å²) in [6, 6.07) is 20.1. The molecule has 0 aliphatic heterocycles. The second kappa shape index (κ2) is 9.47. The van der Waals surface area contributed by atoms with Crippen LogP contribution in [0.4, 0.5) is 0 Å². The van der Waals surface area contributed by atoms with Crippen LogP contribution in [0.25, 0.3) is 5.31 Å². The molecule has 2 unspecified atom stereocenters. The predicted octanol–water partition coefficient (Wildman–Crippen LogP) is -0.589. The zero-order chi connectivity index (χ0) is 15.6. The van der Waals surface area contributed by atoms with E-state index in [1.165, 1.54) is 17.3 Å². The third-order valence-electron chi connectivity index (χ3n) is 4.51. The second-order valence-electron chi connectivity index (χ2n) is 6.04. The first-order valence-electron chi connectivity index (χ1n) is 8.07. The summed E-state index contributed by atoms with van der Waals surface area (Å²) < 4.78 is 2.51. The van der Waals surface area contributed by atoms with Gasteiger partial charge in [-0.2, -0.15) is 0 Å². The summed E-state index contributed by atoms with van der Waals surface area (Å²) >= 11 is -0.841. The van der Waals surface area contributed by atoms with Crippen molar-refractivity contribution in [2.75, 3.05) is 0 Å². The fourth-order valence-corrected chi connectivity index (χ4v) is 10.8. The van der Waals surface area contributed by atoms with E-state index in [1.807, 2.05) is 0 Å². The molecule has 0 amide bonds. The second-order valence-corrected chi connectivity index (χ2v) is 12.8. The third kappa shape index (κ3) is 4.45. The maximum absolute atomic E-state index is 2.39. The van der Waals surface area contributed by atoms with E-state index in [4.69, 9.17) is 0 Å². The molecule has 0 bridgehead atoms. The van der Waals surface area contributed by atoms with E-state index in [1.54, 1.807) is 19.8 Å². The molecular formula is C21H19Cl2HfP. The van der Waals surface area contributed by atoms with E-state index in [0.29, 0.717) is 0 Å². The minimum atomic E-state index is -0.841. The zero-order valence-corrected chi connectivity index (χ0v) is 20.1. The first kappa shape index (κ1) is 20.8. The van der Waals surface area contributed by atoms with Gasteiger partial charge in [-0.25, -0.2) is 0 Å². The van der Waals surface area contributed by atoms with Gasteiger partial charge < -0.3 is 24.8 Å². The van der Waals surface area contributed by atoms with Crippen LogP contribution in [0.5, 0.6) is 0 Å². The van der Waals surface area contributed by atoms with Crippen LogP contribution in [-0.4, -0.2) is 0 Å². The Hall–Kier alpha value is -0.460. The van der Waals surface area contributed by atoms with Gasteiger partial charge in [-0.15, -0.1) is 0 Å². The first-order chi connectivity index (χ1) is 11.3. The molecule has 4 rings (SSSR count). The van der Waals surface area contributed by atoms with Crippen molar-refractivity contribution in [2.45, 2.75) is 17.0 Å². The molecule has 126 valence electrons. The van der Waals surface area contributed by atoms with Gasteiger partial charge in [-0.05, 0) is 0 Å². The maximum atomic E-state index is 2.39. The molecule has 2 atom stereocenters. The van der Waals surface area contributed by atoms with Crippen LogP contribution in [0.2, 0.25) is 0 Å². The van der Waals surface area contributed by atoms with Gasteiger partial charge in [0.05, 0.1) is 0 Å². The normalized spacial score (nSPS) is 17.8. The first-order valence-corrected chi connectivity index (χ1v) is 12.9.